The van der Waals surface area contributed by atoms with E-state index in [1.54, 1.807) is 60.7 Å². The molecule has 0 radical (unpaired) electrons. The first-order chi connectivity index (χ1) is 13.8. The third-order valence-corrected chi connectivity index (χ3v) is 6.36. The SMILES string of the molecule is COc1ccc(S(=O)(=O)N(C)c2ccc(C(=O)Nc3ccc(Cl)cc3)cc2)cc1. The molecule has 1 amide bonds. The Balaban J connectivity index is 1.75. The molecule has 0 aliphatic rings. The minimum Gasteiger partial charge on any atom is -0.497 e. The van der Waals surface area contributed by atoms with Crippen LogP contribution in [0.15, 0.2) is 77.7 Å². The molecule has 3 rings (SSSR count). The largest absolute Gasteiger partial charge is 0.497 e. The molecule has 0 spiro atoms. The lowest BCUT2D eigenvalue weighted by Crippen LogP contribution is -2.26. The average molecular weight is 431 g/mol. The van der Waals surface area contributed by atoms with Crippen molar-refractivity contribution >= 4 is 38.9 Å². The number of hydrogen-bond donors (Lipinski definition) is 1. The summed E-state index contributed by atoms with van der Waals surface area (Å²) < 4.78 is 31.8. The Morgan fingerprint density at radius 3 is 2.07 bits per heavy atom. The number of nitrogens with one attached hydrogen (secondary N) is 1. The fraction of sp³-hybridized carbons (Fsp3) is 0.0952. The van der Waals surface area contributed by atoms with Crippen LogP contribution in [0.4, 0.5) is 11.4 Å². The molecule has 0 aromatic heterocycles. The molecule has 0 saturated heterocycles. The van der Waals surface area contributed by atoms with E-state index < -0.39 is 10.0 Å². The van der Waals surface area contributed by atoms with E-state index in [4.69, 9.17) is 16.3 Å². The monoisotopic (exact) mass is 430 g/mol. The van der Waals surface area contributed by atoms with E-state index in [1.807, 2.05) is 0 Å². The van der Waals surface area contributed by atoms with Gasteiger partial charge in [0.2, 0.25) is 0 Å². The highest BCUT2D eigenvalue weighted by molar-refractivity contribution is 7.92. The molecule has 29 heavy (non-hydrogen) atoms. The van der Waals surface area contributed by atoms with Crippen molar-refractivity contribution in [2.24, 2.45) is 0 Å². The molecular formula is C21H19ClN2O4S. The van der Waals surface area contributed by atoms with Crippen LogP contribution >= 0.6 is 11.6 Å². The van der Waals surface area contributed by atoms with Crippen molar-refractivity contribution in [1.29, 1.82) is 0 Å². The summed E-state index contributed by atoms with van der Waals surface area (Å²) in [5.74, 6) is 0.266. The Hall–Kier alpha value is -3.03. The number of anilines is 2. The van der Waals surface area contributed by atoms with Crippen LogP contribution in [0.5, 0.6) is 5.75 Å². The number of halogens is 1. The van der Waals surface area contributed by atoms with Gasteiger partial charge in [-0.25, -0.2) is 8.42 Å². The van der Waals surface area contributed by atoms with E-state index in [0.29, 0.717) is 27.7 Å². The highest BCUT2D eigenvalue weighted by Crippen LogP contribution is 2.24. The van der Waals surface area contributed by atoms with Gasteiger partial charge in [-0.05, 0) is 72.8 Å². The molecule has 0 saturated carbocycles. The van der Waals surface area contributed by atoms with Gasteiger partial charge in [0, 0.05) is 23.3 Å². The lowest BCUT2D eigenvalue weighted by molar-refractivity contribution is 0.102. The summed E-state index contributed by atoms with van der Waals surface area (Å²) in [4.78, 5) is 12.5. The zero-order valence-electron chi connectivity index (χ0n) is 15.8. The van der Waals surface area contributed by atoms with Gasteiger partial charge in [-0.3, -0.25) is 9.10 Å². The maximum Gasteiger partial charge on any atom is 0.264 e. The van der Waals surface area contributed by atoms with Crippen LogP contribution < -0.4 is 14.4 Å². The van der Waals surface area contributed by atoms with Crippen molar-refractivity contribution < 1.29 is 17.9 Å². The van der Waals surface area contributed by atoms with Gasteiger partial charge in [-0.1, -0.05) is 11.6 Å². The molecule has 1 N–H and O–H groups in total. The molecular weight excluding hydrogens is 412 g/mol. The minimum atomic E-state index is -3.74. The van der Waals surface area contributed by atoms with Crippen LogP contribution in [0.1, 0.15) is 10.4 Å². The van der Waals surface area contributed by atoms with E-state index >= 15 is 0 Å². The Kier molecular flexibility index (Phi) is 6.10. The summed E-state index contributed by atoms with van der Waals surface area (Å²) in [5, 5.41) is 3.34. The Labute approximate surface area is 174 Å². The van der Waals surface area contributed by atoms with Gasteiger partial charge in [-0.2, -0.15) is 0 Å². The fourth-order valence-corrected chi connectivity index (χ4v) is 3.93. The molecule has 6 nitrogen and oxygen atoms in total. The summed E-state index contributed by atoms with van der Waals surface area (Å²) in [7, 11) is -0.763. The Bertz CT molecular complexity index is 1100. The molecule has 0 aliphatic heterocycles. The van der Waals surface area contributed by atoms with Crippen LogP contribution in [-0.4, -0.2) is 28.5 Å². The molecule has 0 aliphatic carbocycles. The molecule has 0 fully saturated rings. The minimum absolute atomic E-state index is 0.144. The average Bonchev–Trinajstić information content (AvgIpc) is 2.75. The van der Waals surface area contributed by atoms with Crippen molar-refractivity contribution in [3.63, 3.8) is 0 Å². The van der Waals surface area contributed by atoms with E-state index in [2.05, 4.69) is 5.32 Å². The van der Waals surface area contributed by atoms with Gasteiger partial charge in [0.25, 0.3) is 15.9 Å². The summed E-state index contributed by atoms with van der Waals surface area (Å²) in [6.07, 6.45) is 0. The summed E-state index contributed by atoms with van der Waals surface area (Å²) in [5.41, 5.74) is 1.45. The fourth-order valence-electron chi connectivity index (χ4n) is 2.60. The number of hydrogen-bond acceptors (Lipinski definition) is 4. The molecule has 0 heterocycles. The lowest BCUT2D eigenvalue weighted by Gasteiger charge is -2.20. The number of rotatable bonds is 6. The van der Waals surface area contributed by atoms with Crippen LogP contribution in [-0.2, 0) is 10.0 Å². The number of nitrogens with zero attached hydrogens (tertiary/aromatic N) is 1. The number of benzene rings is 3. The molecule has 150 valence electrons. The standard InChI is InChI=1S/C21H19ClN2O4S/c1-24(29(26,27)20-13-11-19(28-2)12-14-20)18-9-3-15(4-10-18)21(25)23-17-7-5-16(22)6-8-17/h3-14H,1-2H3,(H,23,25). The van der Waals surface area contributed by atoms with Crippen molar-refractivity contribution in [3.8, 4) is 5.75 Å². The predicted molar refractivity (Wildman–Crippen MR) is 114 cm³/mol. The zero-order chi connectivity index (χ0) is 21.0. The number of amides is 1. The van der Waals surface area contributed by atoms with Gasteiger partial charge < -0.3 is 10.1 Å². The molecule has 0 bridgehead atoms. The maximum atomic E-state index is 12.8. The first-order valence-corrected chi connectivity index (χ1v) is 10.4. The van der Waals surface area contributed by atoms with Crippen LogP contribution in [0.3, 0.4) is 0 Å². The third kappa shape index (κ3) is 4.70. The van der Waals surface area contributed by atoms with E-state index in [-0.39, 0.29) is 10.8 Å². The number of sulfonamides is 1. The Morgan fingerprint density at radius 2 is 1.52 bits per heavy atom. The summed E-state index contributed by atoms with van der Waals surface area (Å²) in [6.45, 7) is 0. The number of ether oxygens (including phenoxy) is 1. The topological polar surface area (TPSA) is 75.7 Å². The lowest BCUT2D eigenvalue weighted by atomic mass is 10.2. The van der Waals surface area contributed by atoms with Gasteiger partial charge in [0.05, 0.1) is 17.7 Å². The van der Waals surface area contributed by atoms with Crippen LogP contribution in [0, 0.1) is 0 Å². The van der Waals surface area contributed by atoms with Gasteiger partial charge in [0.1, 0.15) is 5.75 Å². The second-order valence-corrected chi connectivity index (χ2v) is 8.56. The summed E-state index contributed by atoms with van der Waals surface area (Å²) in [6, 6.07) is 19.2. The number of carbonyl (C=O) groups is 1. The highest BCUT2D eigenvalue weighted by Gasteiger charge is 2.21. The normalized spacial score (nSPS) is 11.0. The molecule has 0 atom stereocenters. The summed E-state index contributed by atoms with van der Waals surface area (Å²) >= 11 is 5.84. The molecule has 8 heteroatoms. The van der Waals surface area contributed by atoms with Crippen molar-refractivity contribution in [3.05, 3.63) is 83.4 Å². The van der Waals surface area contributed by atoms with E-state index in [0.717, 1.165) is 4.31 Å². The number of carbonyl (C=O) groups excluding carboxylic acids is 1. The van der Waals surface area contributed by atoms with Crippen molar-refractivity contribution in [2.75, 3.05) is 23.8 Å². The second-order valence-electron chi connectivity index (χ2n) is 6.16. The first kappa shape index (κ1) is 20.7. The van der Waals surface area contributed by atoms with Crippen molar-refractivity contribution in [2.45, 2.75) is 4.90 Å². The third-order valence-electron chi connectivity index (χ3n) is 4.31. The second kappa shape index (κ2) is 8.55. The molecule has 3 aromatic rings. The molecule has 3 aromatic carbocycles. The van der Waals surface area contributed by atoms with Gasteiger partial charge in [0.15, 0.2) is 0 Å². The van der Waals surface area contributed by atoms with E-state index in [9.17, 15) is 13.2 Å². The van der Waals surface area contributed by atoms with Crippen LogP contribution in [0.2, 0.25) is 5.02 Å². The van der Waals surface area contributed by atoms with Crippen molar-refractivity contribution in [1.82, 2.24) is 0 Å². The quantitative estimate of drug-likeness (QED) is 0.627. The maximum absolute atomic E-state index is 12.8. The Morgan fingerprint density at radius 1 is 0.931 bits per heavy atom. The van der Waals surface area contributed by atoms with E-state index in [1.165, 1.54) is 26.3 Å². The smallest absolute Gasteiger partial charge is 0.264 e. The predicted octanol–water partition coefficient (Wildman–Crippen LogP) is 4.43. The highest BCUT2D eigenvalue weighted by atomic mass is 35.5. The molecule has 0 unspecified atom stereocenters. The van der Waals surface area contributed by atoms with Gasteiger partial charge >= 0.3 is 0 Å². The van der Waals surface area contributed by atoms with Gasteiger partial charge in [-0.15, -0.1) is 0 Å². The zero-order valence-corrected chi connectivity index (χ0v) is 17.4. The number of methoxy groups -OCH3 is 1. The van der Waals surface area contributed by atoms with Crippen LogP contribution in [0.25, 0.3) is 0 Å². The first-order valence-electron chi connectivity index (χ1n) is 8.61.